The summed E-state index contributed by atoms with van der Waals surface area (Å²) >= 11 is 5.77. The van der Waals surface area contributed by atoms with Gasteiger partial charge in [0.1, 0.15) is 0 Å². The zero-order valence-corrected chi connectivity index (χ0v) is 7.96. The van der Waals surface area contributed by atoms with Crippen molar-refractivity contribution in [2.45, 2.75) is 0 Å². The number of hydrogen-bond donors (Lipinski definition) is 2. The zero-order valence-electron chi connectivity index (χ0n) is 7.20. The summed E-state index contributed by atoms with van der Waals surface area (Å²) in [7, 11) is 0. The van der Waals surface area contributed by atoms with Crippen LogP contribution in [0.1, 0.15) is 0 Å². The Kier molecular flexibility index (Phi) is 4.36. The van der Waals surface area contributed by atoms with Crippen LogP contribution in [0.3, 0.4) is 0 Å². The third-order valence-electron chi connectivity index (χ3n) is 1.55. The molecule has 3 heteroatoms. The van der Waals surface area contributed by atoms with E-state index in [-0.39, 0.29) is 6.61 Å². The highest BCUT2D eigenvalue weighted by Gasteiger charge is 1.91. The molecule has 0 aliphatic heterocycles. The van der Waals surface area contributed by atoms with Gasteiger partial charge in [0.25, 0.3) is 0 Å². The molecule has 0 unspecified atom stereocenters. The molecule has 0 aliphatic rings. The third-order valence-corrected chi connectivity index (χ3v) is 1.84. The van der Waals surface area contributed by atoms with Crippen LogP contribution in [0, 0.1) is 0 Å². The fraction of sp³-hybridized carbons (Fsp3) is 0.200. The maximum absolute atomic E-state index is 8.55. The number of benzene rings is 1. The van der Waals surface area contributed by atoms with Gasteiger partial charge < -0.3 is 10.4 Å². The summed E-state index contributed by atoms with van der Waals surface area (Å²) in [4.78, 5) is 0. The van der Waals surface area contributed by atoms with E-state index in [4.69, 9.17) is 16.7 Å². The summed E-state index contributed by atoms with van der Waals surface area (Å²) in [6.07, 6.45) is 1.57. The minimum atomic E-state index is -0.0185. The predicted molar refractivity (Wildman–Crippen MR) is 56.0 cm³/mol. The summed E-state index contributed by atoms with van der Waals surface area (Å²) in [6.45, 7) is 0.529. The molecule has 0 bridgehead atoms. The number of aliphatic hydroxyl groups is 1. The number of para-hydroxylation sites is 1. The normalized spacial score (nSPS) is 11.4. The van der Waals surface area contributed by atoms with Crippen molar-refractivity contribution in [3.8, 4) is 0 Å². The van der Waals surface area contributed by atoms with Crippen LogP contribution >= 0.6 is 11.6 Å². The molecule has 1 aromatic rings. The molecule has 0 aromatic heterocycles. The van der Waals surface area contributed by atoms with E-state index < -0.39 is 0 Å². The van der Waals surface area contributed by atoms with E-state index >= 15 is 0 Å². The number of anilines is 1. The predicted octanol–water partition coefficient (Wildman–Crippen LogP) is 2.21. The topological polar surface area (TPSA) is 32.3 Å². The lowest BCUT2D eigenvalue weighted by molar-refractivity contribution is 0.342. The first-order valence-corrected chi connectivity index (χ1v) is 4.45. The maximum atomic E-state index is 8.55. The lowest BCUT2D eigenvalue weighted by Crippen LogP contribution is -2.01. The van der Waals surface area contributed by atoms with E-state index in [0.29, 0.717) is 11.6 Å². The van der Waals surface area contributed by atoms with Gasteiger partial charge in [-0.3, -0.25) is 0 Å². The lowest BCUT2D eigenvalue weighted by atomic mass is 10.3. The van der Waals surface area contributed by atoms with Crippen molar-refractivity contribution >= 4 is 17.3 Å². The van der Waals surface area contributed by atoms with Gasteiger partial charge in [-0.1, -0.05) is 29.8 Å². The van der Waals surface area contributed by atoms with Crippen LogP contribution in [0.4, 0.5) is 5.69 Å². The van der Waals surface area contributed by atoms with Crippen molar-refractivity contribution in [3.63, 3.8) is 0 Å². The Morgan fingerprint density at radius 2 is 2.08 bits per heavy atom. The molecule has 2 nitrogen and oxygen atoms in total. The van der Waals surface area contributed by atoms with Gasteiger partial charge in [-0.05, 0) is 18.2 Å². The lowest BCUT2D eigenvalue weighted by Gasteiger charge is -2.04. The number of hydrogen-bond acceptors (Lipinski definition) is 2. The maximum Gasteiger partial charge on any atom is 0.0627 e. The summed E-state index contributed by atoms with van der Waals surface area (Å²) < 4.78 is 0. The van der Waals surface area contributed by atoms with Gasteiger partial charge in [-0.25, -0.2) is 0 Å². The second kappa shape index (κ2) is 5.62. The first-order chi connectivity index (χ1) is 6.33. The van der Waals surface area contributed by atoms with Crippen molar-refractivity contribution < 1.29 is 5.11 Å². The largest absolute Gasteiger partial charge is 0.392 e. The summed E-state index contributed by atoms with van der Waals surface area (Å²) in [6, 6.07) is 9.78. The molecule has 0 heterocycles. The average Bonchev–Trinajstić information content (AvgIpc) is 2.17. The van der Waals surface area contributed by atoms with Gasteiger partial charge in [0.15, 0.2) is 0 Å². The van der Waals surface area contributed by atoms with Gasteiger partial charge in [0.2, 0.25) is 0 Å². The second-order valence-corrected chi connectivity index (χ2v) is 3.04. The zero-order chi connectivity index (χ0) is 9.52. The fourth-order valence-electron chi connectivity index (χ4n) is 0.914. The molecule has 0 fully saturated rings. The second-order valence-electron chi connectivity index (χ2n) is 2.55. The van der Waals surface area contributed by atoms with Crippen molar-refractivity contribution in [2.75, 3.05) is 18.5 Å². The van der Waals surface area contributed by atoms with Gasteiger partial charge in [-0.15, -0.1) is 0 Å². The molecule has 0 saturated heterocycles. The SMILES string of the molecule is OCC=C(Cl)CNc1ccccc1. The van der Waals surface area contributed by atoms with Crippen LogP contribution in [0.15, 0.2) is 41.4 Å². The van der Waals surface area contributed by atoms with Crippen molar-refractivity contribution in [1.29, 1.82) is 0 Å². The van der Waals surface area contributed by atoms with Crippen molar-refractivity contribution in [3.05, 3.63) is 41.4 Å². The fourth-order valence-corrected chi connectivity index (χ4v) is 1.05. The Balaban J connectivity index is 2.39. The third kappa shape index (κ3) is 3.97. The summed E-state index contributed by atoms with van der Waals surface area (Å²) in [5.41, 5.74) is 1.02. The minimum Gasteiger partial charge on any atom is -0.392 e. The van der Waals surface area contributed by atoms with Crippen molar-refractivity contribution in [1.82, 2.24) is 0 Å². The van der Waals surface area contributed by atoms with Crippen molar-refractivity contribution in [2.24, 2.45) is 0 Å². The molecule has 0 aliphatic carbocycles. The highest BCUT2D eigenvalue weighted by atomic mass is 35.5. The van der Waals surface area contributed by atoms with Crippen LogP contribution in [0.2, 0.25) is 0 Å². The van der Waals surface area contributed by atoms with Crippen LogP contribution in [-0.4, -0.2) is 18.3 Å². The Labute approximate surface area is 82.8 Å². The first-order valence-electron chi connectivity index (χ1n) is 4.07. The Hall–Kier alpha value is -0.990. The molecule has 0 radical (unpaired) electrons. The van der Waals surface area contributed by atoms with E-state index in [2.05, 4.69) is 5.32 Å². The van der Waals surface area contributed by atoms with Gasteiger partial charge in [-0.2, -0.15) is 0 Å². The molecule has 70 valence electrons. The monoisotopic (exact) mass is 197 g/mol. The Morgan fingerprint density at radius 3 is 2.69 bits per heavy atom. The molecular formula is C10H12ClNO. The molecule has 0 spiro atoms. The van der Waals surface area contributed by atoms with Crippen LogP contribution in [0.5, 0.6) is 0 Å². The standard InChI is InChI=1S/C10H12ClNO/c11-9(6-7-13)8-12-10-4-2-1-3-5-10/h1-6,12-13H,7-8H2. The van der Waals surface area contributed by atoms with E-state index in [0.717, 1.165) is 5.69 Å². The number of rotatable bonds is 4. The molecule has 0 atom stereocenters. The Bertz CT molecular complexity index is 272. The van der Waals surface area contributed by atoms with Crippen LogP contribution in [0.25, 0.3) is 0 Å². The van der Waals surface area contributed by atoms with E-state index in [1.807, 2.05) is 30.3 Å². The molecule has 1 rings (SSSR count). The first kappa shape index (κ1) is 10.1. The quantitative estimate of drug-likeness (QED) is 0.776. The molecule has 0 amide bonds. The molecular weight excluding hydrogens is 186 g/mol. The molecule has 2 N–H and O–H groups in total. The Morgan fingerprint density at radius 1 is 1.38 bits per heavy atom. The van der Waals surface area contributed by atoms with E-state index in [1.165, 1.54) is 0 Å². The van der Waals surface area contributed by atoms with Gasteiger partial charge >= 0.3 is 0 Å². The van der Waals surface area contributed by atoms with E-state index in [9.17, 15) is 0 Å². The molecule has 1 aromatic carbocycles. The van der Waals surface area contributed by atoms with Crippen LogP contribution in [-0.2, 0) is 0 Å². The number of nitrogens with one attached hydrogen (secondary N) is 1. The van der Waals surface area contributed by atoms with Gasteiger partial charge in [0, 0.05) is 10.7 Å². The molecule has 13 heavy (non-hydrogen) atoms. The number of aliphatic hydroxyl groups excluding tert-OH is 1. The summed E-state index contributed by atoms with van der Waals surface area (Å²) in [5.74, 6) is 0. The van der Waals surface area contributed by atoms with E-state index in [1.54, 1.807) is 6.08 Å². The van der Waals surface area contributed by atoms with Crippen LogP contribution < -0.4 is 5.32 Å². The summed E-state index contributed by atoms with van der Waals surface area (Å²) in [5, 5.41) is 12.3. The molecule has 0 saturated carbocycles. The van der Waals surface area contributed by atoms with Gasteiger partial charge in [0.05, 0.1) is 13.2 Å². The number of halogens is 1. The minimum absolute atomic E-state index is 0.0185. The highest BCUT2D eigenvalue weighted by molar-refractivity contribution is 6.30. The smallest absolute Gasteiger partial charge is 0.0627 e. The highest BCUT2D eigenvalue weighted by Crippen LogP contribution is 2.07. The average molecular weight is 198 g/mol.